The Kier molecular flexibility index (Phi) is 4.62. The fraction of sp³-hybridized carbons (Fsp3) is 0.929. The van der Waals surface area contributed by atoms with Crippen LogP contribution in [0.4, 0.5) is 0 Å². The summed E-state index contributed by atoms with van der Waals surface area (Å²) >= 11 is 0. The molecule has 2 fully saturated rings. The van der Waals surface area contributed by atoms with Gasteiger partial charge in [0.2, 0.25) is 5.91 Å². The van der Waals surface area contributed by atoms with Crippen LogP contribution in [-0.4, -0.2) is 48.2 Å². The summed E-state index contributed by atoms with van der Waals surface area (Å²) in [6, 6.07) is 0. The van der Waals surface area contributed by atoms with E-state index in [0.717, 1.165) is 38.8 Å². The van der Waals surface area contributed by atoms with Crippen LogP contribution in [0.25, 0.3) is 0 Å². The molecule has 4 heteroatoms. The van der Waals surface area contributed by atoms with Crippen LogP contribution >= 0.6 is 0 Å². The molecule has 0 atom stereocenters. The molecular formula is C14H26N2O2. The summed E-state index contributed by atoms with van der Waals surface area (Å²) in [5.74, 6) is 0.343. The van der Waals surface area contributed by atoms with Gasteiger partial charge in [-0.05, 0) is 32.7 Å². The molecule has 1 aliphatic heterocycles. The first-order valence-corrected chi connectivity index (χ1v) is 7.28. The number of likely N-dealkylation sites (tertiary alicyclic amines) is 1. The highest BCUT2D eigenvalue weighted by molar-refractivity contribution is 5.78. The number of rotatable bonds is 3. The van der Waals surface area contributed by atoms with Crippen molar-refractivity contribution in [3.8, 4) is 0 Å². The minimum Gasteiger partial charge on any atom is -0.388 e. The van der Waals surface area contributed by atoms with E-state index < -0.39 is 5.60 Å². The largest absolute Gasteiger partial charge is 0.388 e. The number of nitrogens with one attached hydrogen (secondary N) is 1. The van der Waals surface area contributed by atoms with Crippen LogP contribution < -0.4 is 5.32 Å². The van der Waals surface area contributed by atoms with Crippen molar-refractivity contribution in [2.45, 2.75) is 50.5 Å². The zero-order valence-corrected chi connectivity index (χ0v) is 11.5. The average molecular weight is 254 g/mol. The van der Waals surface area contributed by atoms with E-state index in [2.05, 4.69) is 17.3 Å². The van der Waals surface area contributed by atoms with Crippen LogP contribution in [0.2, 0.25) is 0 Å². The lowest BCUT2D eigenvalue weighted by Gasteiger charge is -2.37. The zero-order valence-electron chi connectivity index (χ0n) is 11.5. The number of aliphatic hydroxyl groups is 1. The second-order valence-corrected chi connectivity index (χ2v) is 6.08. The molecule has 2 rings (SSSR count). The van der Waals surface area contributed by atoms with E-state index >= 15 is 0 Å². The molecule has 4 nitrogen and oxygen atoms in total. The fourth-order valence-electron chi connectivity index (χ4n) is 2.97. The van der Waals surface area contributed by atoms with Crippen molar-refractivity contribution in [3.05, 3.63) is 0 Å². The van der Waals surface area contributed by atoms with Crippen molar-refractivity contribution in [1.29, 1.82) is 0 Å². The Morgan fingerprint density at radius 2 is 1.89 bits per heavy atom. The van der Waals surface area contributed by atoms with Crippen LogP contribution in [0.15, 0.2) is 0 Å². The molecule has 1 saturated heterocycles. The predicted octanol–water partition coefficient (Wildman–Crippen LogP) is 1.14. The van der Waals surface area contributed by atoms with Gasteiger partial charge in [0.25, 0.3) is 0 Å². The molecule has 1 amide bonds. The first-order valence-electron chi connectivity index (χ1n) is 7.28. The molecule has 0 bridgehead atoms. The number of nitrogens with zero attached hydrogens (tertiary/aromatic N) is 1. The van der Waals surface area contributed by atoms with Gasteiger partial charge in [0.1, 0.15) is 0 Å². The van der Waals surface area contributed by atoms with Gasteiger partial charge in [-0.3, -0.25) is 4.79 Å². The van der Waals surface area contributed by atoms with E-state index in [9.17, 15) is 9.90 Å². The van der Waals surface area contributed by atoms with Gasteiger partial charge in [-0.15, -0.1) is 0 Å². The number of hydrogen-bond donors (Lipinski definition) is 2. The Labute approximate surface area is 110 Å². The second kappa shape index (κ2) is 6.02. The quantitative estimate of drug-likeness (QED) is 0.794. The Morgan fingerprint density at radius 3 is 2.50 bits per heavy atom. The van der Waals surface area contributed by atoms with Gasteiger partial charge >= 0.3 is 0 Å². The summed E-state index contributed by atoms with van der Waals surface area (Å²) in [5, 5.41) is 13.4. The smallest absolute Gasteiger partial charge is 0.223 e. The van der Waals surface area contributed by atoms with Crippen LogP contribution in [0.3, 0.4) is 0 Å². The standard InChI is InChI=1S/C14H26N2O2/c1-16-9-7-14(18,8-10-16)11-15-13(17)12-5-3-2-4-6-12/h12,18H,2-11H2,1H3,(H,15,17). The Bertz CT molecular complexity index is 280. The van der Waals surface area contributed by atoms with E-state index in [1.165, 1.54) is 19.3 Å². The lowest BCUT2D eigenvalue weighted by molar-refractivity contribution is -0.127. The highest BCUT2D eigenvalue weighted by atomic mass is 16.3. The Balaban J connectivity index is 1.74. The minimum absolute atomic E-state index is 0.155. The van der Waals surface area contributed by atoms with Gasteiger partial charge in [0, 0.05) is 25.6 Å². The number of carbonyl (C=O) groups excluding carboxylic acids is 1. The van der Waals surface area contributed by atoms with Crippen LogP contribution in [0.1, 0.15) is 44.9 Å². The van der Waals surface area contributed by atoms with Gasteiger partial charge < -0.3 is 15.3 Å². The number of carbonyl (C=O) groups is 1. The molecule has 0 aromatic rings. The van der Waals surface area contributed by atoms with Crippen molar-refractivity contribution < 1.29 is 9.90 Å². The maximum atomic E-state index is 12.0. The molecule has 1 heterocycles. The van der Waals surface area contributed by atoms with Crippen LogP contribution in [0.5, 0.6) is 0 Å². The van der Waals surface area contributed by atoms with E-state index in [-0.39, 0.29) is 11.8 Å². The molecule has 1 aliphatic carbocycles. The maximum Gasteiger partial charge on any atom is 0.223 e. The summed E-state index contributed by atoms with van der Waals surface area (Å²) in [4.78, 5) is 14.2. The van der Waals surface area contributed by atoms with Crippen LogP contribution in [0, 0.1) is 5.92 Å². The van der Waals surface area contributed by atoms with E-state index in [1.807, 2.05) is 0 Å². The minimum atomic E-state index is -0.684. The molecule has 1 saturated carbocycles. The molecule has 0 spiro atoms. The highest BCUT2D eigenvalue weighted by Gasteiger charge is 2.32. The van der Waals surface area contributed by atoms with E-state index in [1.54, 1.807) is 0 Å². The topological polar surface area (TPSA) is 52.6 Å². The SMILES string of the molecule is CN1CCC(O)(CNC(=O)C2CCCCC2)CC1. The number of piperidine rings is 1. The summed E-state index contributed by atoms with van der Waals surface area (Å²) < 4.78 is 0. The molecule has 18 heavy (non-hydrogen) atoms. The lowest BCUT2D eigenvalue weighted by Crippen LogP contribution is -2.50. The van der Waals surface area contributed by atoms with Crippen molar-refractivity contribution in [2.24, 2.45) is 5.92 Å². The predicted molar refractivity (Wildman–Crippen MR) is 71.3 cm³/mol. The Hall–Kier alpha value is -0.610. The maximum absolute atomic E-state index is 12.0. The molecule has 0 unspecified atom stereocenters. The van der Waals surface area contributed by atoms with E-state index in [4.69, 9.17) is 0 Å². The highest BCUT2D eigenvalue weighted by Crippen LogP contribution is 2.24. The van der Waals surface area contributed by atoms with Crippen molar-refractivity contribution in [1.82, 2.24) is 10.2 Å². The molecule has 104 valence electrons. The third-order valence-electron chi connectivity index (χ3n) is 4.49. The van der Waals surface area contributed by atoms with Crippen molar-refractivity contribution in [2.75, 3.05) is 26.7 Å². The third-order valence-corrected chi connectivity index (χ3v) is 4.49. The monoisotopic (exact) mass is 254 g/mol. The van der Waals surface area contributed by atoms with Crippen LogP contribution in [-0.2, 0) is 4.79 Å². The average Bonchev–Trinajstić information content (AvgIpc) is 2.41. The molecule has 0 radical (unpaired) electrons. The van der Waals surface area contributed by atoms with Gasteiger partial charge in [-0.25, -0.2) is 0 Å². The number of amides is 1. The summed E-state index contributed by atoms with van der Waals surface area (Å²) in [6.07, 6.45) is 7.17. The second-order valence-electron chi connectivity index (χ2n) is 6.08. The van der Waals surface area contributed by atoms with Gasteiger partial charge in [0.15, 0.2) is 0 Å². The Morgan fingerprint density at radius 1 is 1.28 bits per heavy atom. The fourth-order valence-corrected chi connectivity index (χ4v) is 2.97. The molecule has 0 aromatic carbocycles. The van der Waals surface area contributed by atoms with E-state index in [0.29, 0.717) is 6.54 Å². The number of hydrogen-bond acceptors (Lipinski definition) is 3. The first-order chi connectivity index (χ1) is 8.59. The molecule has 2 N–H and O–H groups in total. The molecule has 0 aromatic heterocycles. The normalized spacial score (nSPS) is 25.9. The summed E-state index contributed by atoms with van der Waals surface area (Å²) in [7, 11) is 2.07. The first kappa shape index (κ1) is 13.8. The van der Waals surface area contributed by atoms with Gasteiger partial charge in [-0.1, -0.05) is 19.3 Å². The third kappa shape index (κ3) is 3.69. The van der Waals surface area contributed by atoms with Crippen molar-refractivity contribution in [3.63, 3.8) is 0 Å². The summed E-state index contributed by atoms with van der Waals surface area (Å²) in [5.41, 5.74) is -0.684. The zero-order chi connectivity index (χ0) is 13.0. The summed E-state index contributed by atoms with van der Waals surface area (Å²) in [6.45, 7) is 2.25. The lowest BCUT2D eigenvalue weighted by atomic mass is 9.87. The van der Waals surface area contributed by atoms with Crippen molar-refractivity contribution >= 4 is 5.91 Å². The van der Waals surface area contributed by atoms with Gasteiger partial charge in [-0.2, -0.15) is 0 Å². The molecule has 2 aliphatic rings. The van der Waals surface area contributed by atoms with Gasteiger partial charge in [0.05, 0.1) is 5.60 Å². The molecular weight excluding hydrogens is 228 g/mol.